The van der Waals surface area contributed by atoms with Gasteiger partial charge in [0.05, 0.1) is 23.4 Å². The SMILES string of the molecule is CCCCOC(=O)N1CCN(c2cc3c(cc2F)C(=O)N(C2CCC(=O)NC2=O)C3=O)CC1. The zero-order valence-corrected chi connectivity index (χ0v) is 18.3. The van der Waals surface area contributed by atoms with Crippen LogP contribution < -0.4 is 10.2 Å². The Labute approximate surface area is 189 Å². The number of piperazine rings is 1. The molecule has 1 aromatic rings. The molecule has 1 N–H and O–H groups in total. The molecule has 2 fully saturated rings. The van der Waals surface area contributed by atoms with Crippen molar-refractivity contribution >= 4 is 35.4 Å². The maximum absolute atomic E-state index is 14.9. The van der Waals surface area contributed by atoms with Crippen LogP contribution in [0.5, 0.6) is 0 Å². The summed E-state index contributed by atoms with van der Waals surface area (Å²) in [6.07, 6.45) is 1.34. The lowest BCUT2D eigenvalue weighted by atomic mass is 10.0. The van der Waals surface area contributed by atoms with Gasteiger partial charge in [-0.3, -0.25) is 29.4 Å². The number of amides is 5. The second-order valence-electron chi connectivity index (χ2n) is 8.24. The van der Waals surface area contributed by atoms with Crippen molar-refractivity contribution in [2.75, 3.05) is 37.7 Å². The van der Waals surface area contributed by atoms with Crippen LogP contribution in [0.25, 0.3) is 0 Å². The minimum atomic E-state index is -1.11. The summed E-state index contributed by atoms with van der Waals surface area (Å²) in [6.45, 7) is 3.68. The fourth-order valence-corrected chi connectivity index (χ4v) is 4.25. The van der Waals surface area contributed by atoms with Gasteiger partial charge in [-0.05, 0) is 25.0 Å². The molecule has 0 aromatic heterocycles. The van der Waals surface area contributed by atoms with Crippen LogP contribution in [0.4, 0.5) is 14.9 Å². The summed E-state index contributed by atoms with van der Waals surface area (Å²) in [5, 5.41) is 2.13. The Bertz CT molecular complexity index is 1020. The van der Waals surface area contributed by atoms with Gasteiger partial charge in [-0.15, -0.1) is 0 Å². The first kappa shape index (κ1) is 22.7. The number of rotatable bonds is 5. The van der Waals surface area contributed by atoms with Gasteiger partial charge in [0.25, 0.3) is 11.8 Å². The average Bonchev–Trinajstić information content (AvgIpc) is 3.03. The molecule has 33 heavy (non-hydrogen) atoms. The standard InChI is InChI=1S/C22H25FN4O6/c1-2-3-10-33-22(32)26-8-6-25(7-9-26)17-12-14-13(11-15(17)23)20(30)27(21(14)31)16-4-5-18(28)24-19(16)29/h11-12,16H,2-10H2,1H3,(H,24,28,29). The molecule has 0 radical (unpaired) electrons. The highest BCUT2D eigenvalue weighted by Crippen LogP contribution is 2.33. The van der Waals surface area contributed by atoms with E-state index in [9.17, 15) is 28.4 Å². The summed E-state index contributed by atoms with van der Waals surface area (Å²) >= 11 is 0. The Morgan fingerprint density at radius 3 is 2.39 bits per heavy atom. The van der Waals surface area contributed by atoms with Crippen molar-refractivity contribution in [3.05, 3.63) is 29.1 Å². The van der Waals surface area contributed by atoms with Crippen LogP contribution in [0.1, 0.15) is 53.3 Å². The van der Waals surface area contributed by atoms with Crippen LogP contribution >= 0.6 is 0 Å². The Kier molecular flexibility index (Phi) is 6.30. The summed E-state index contributed by atoms with van der Waals surface area (Å²) in [5.41, 5.74) is 0.0608. The van der Waals surface area contributed by atoms with Gasteiger partial charge >= 0.3 is 6.09 Å². The minimum absolute atomic E-state index is 0.00851. The molecule has 0 bridgehead atoms. The smallest absolute Gasteiger partial charge is 0.409 e. The Morgan fingerprint density at radius 1 is 1.09 bits per heavy atom. The molecule has 0 aliphatic carbocycles. The van der Waals surface area contributed by atoms with Crippen molar-refractivity contribution in [1.29, 1.82) is 0 Å². The van der Waals surface area contributed by atoms with Gasteiger partial charge in [-0.1, -0.05) is 13.3 Å². The average molecular weight is 460 g/mol. The molecule has 3 heterocycles. The van der Waals surface area contributed by atoms with Gasteiger partial charge in [-0.2, -0.15) is 0 Å². The molecule has 1 atom stereocenters. The number of fused-ring (bicyclic) bond motifs is 1. The summed E-state index contributed by atoms with van der Waals surface area (Å²) < 4.78 is 20.1. The number of anilines is 1. The van der Waals surface area contributed by atoms with Gasteiger partial charge in [-0.25, -0.2) is 9.18 Å². The molecular formula is C22H25FN4O6. The molecule has 2 saturated heterocycles. The lowest BCUT2D eigenvalue weighted by Crippen LogP contribution is -2.54. The zero-order valence-electron chi connectivity index (χ0n) is 18.3. The van der Waals surface area contributed by atoms with E-state index in [-0.39, 0.29) is 29.7 Å². The molecule has 0 spiro atoms. The normalized spacial score (nSPS) is 20.8. The number of unbranched alkanes of at least 4 members (excludes halogenated alkanes) is 1. The number of piperidine rings is 1. The molecule has 1 unspecified atom stereocenters. The highest BCUT2D eigenvalue weighted by atomic mass is 19.1. The third kappa shape index (κ3) is 4.27. The summed E-state index contributed by atoms with van der Waals surface area (Å²) in [6, 6.07) is 1.23. The largest absolute Gasteiger partial charge is 0.449 e. The predicted octanol–water partition coefficient (Wildman–Crippen LogP) is 1.29. The molecule has 176 valence electrons. The number of ether oxygens (including phenoxy) is 1. The number of nitrogens with one attached hydrogen (secondary N) is 1. The van der Waals surface area contributed by atoms with Gasteiger partial charge in [0.2, 0.25) is 11.8 Å². The molecule has 11 heteroatoms. The van der Waals surface area contributed by atoms with Gasteiger partial charge in [0, 0.05) is 32.6 Å². The van der Waals surface area contributed by atoms with E-state index in [0.29, 0.717) is 32.8 Å². The van der Waals surface area contributed by atoms with Crippen LogP contribution in [0.2, 0.25) is 0 Å². The second kappa shape index (κ2) is 9.16. The van der Waals surface area contributed by atoms with Crippen molar-refractivity contribution in [2.24, 2.45) is 0 Å². The summed E-state index contributed by atoms with van der Waals surface area (Å²) in [7, 11) is 0. The van der Waals surface area contributed by atoms with Crippen LogP contribution in [0.3, 0.4) is 0 Å². The molecule has 3 aliphatic rings. The number of halogens is 1. The van der Waals surface area contributed by atoms with Crippen molar-refractivity contribution in [3.63, 3.8) is 0 Å². The van der Waals surface area contributed by atoms with Crippen LogP contribution in [-0.2, 0) is 14.3 Å². The first-order chi connectivity index (χ1) is 15.8. The Morgan fingerprint density at radius 2 is 1.76 bits per heavy atom. The molecule has 1 aromatic carbocycles. The third-order valence-electron chi connectivity index (χ3n) is 6.11. The molecule has 5 amide bonds. The van der Waals surface area contributed by atoms with Crippen molar-refractivity contribution < 1.29 is 33.1 Å². The second-order valence-corrected chi connectivity index (χ2v) is 8.24. The minimum Gasteiger partial charge on any atom is -0.449 e. The van der Waals surface area contributed by atoms with E-state index >= 15 is 0 Å². The van der Waals surface area contributed by atoms with Crippen molar-refractivity contribution in [1.82, 2.24) is 15.1 Å². The fraction of sp³-hybridized carbons (Fsp3) is 0.500. The predicted molar refractivity (Wildman–Crippen MR) is 113 cm³/mol. The topological polar surface area (TPSA) is 116 Å². The van der Waals surface area contributed by atoms with E-state index in [4.69, 9.17) is 4.74 Å². The van der Waals surface area contributed by atoms with E-state index in [1.54, 1.807) is 9.80 Å². The third-order valence-corrected chi connectivity index (χ3v) is 6.11. The quantitative estimate of drug-likeness (QED) is 0.520. The highest BCUT2D eigenvalue weighted by Gasteiger charge is 2.45. The maximum atomic E-state index is 14.9. The van der Waals surface area contributed by atoms with E-state index < -0.39 is 41.6 Å². The maximum Gasteiger partial charge on any atom is 0.409 e. The van der Waals surface area contributed by atoms with Crippen LogP contribution in [0, 0.1) is 5.82 Å². The summed E-state index contributed by atoms with van der Waals surface area (Å²) in [4.78, 5) is 65.5. The Balaban J connectivity index is 1.48. The number of imide groups is 2. The van der Waals surface area contributed by atoms with E-state index in [2.05, 4.69) is 5.32 Å². The molecular weight excluding hydrogens is 435 g/mol. The van der Waals surface area contributed by atoms with Crippen molar-refractivity contribution in [2.45, 2.75) is 38.6 Å². The van der Waals surface area contributed by atoms with Gasteiger partial charge in [0.15, 0.2) is 0 Å². The lowest BCUT2D eigenvalue weighted by molar-refractivity contribution is -0.136. The van der Waals surface area contributed by atoms with E-state index in [1.807, 2.05) is 6.92 Å². The lowest BCUT2D eigenvalue weighted by Gasteiger charge is -2.35. The number of nitrogens with zero attached hydrogens (tertiary/aromatic N) is 3. The van der Waals surface area contributed by atoms with Gasteiger partial charge < -0.3 is 14.5 Å². The first-order valence-corrected chi connectivity index (χ1v) is 11.0. The molecule has 4 rings (SSSR count). The molecule has 10 nitrogen and oxygen atoms in total. The first-order valence-electron chi connectivity index (χ1n) is 11.0. The number of benzene rings is 1. The van der Waals surface area contributed by atoms with Crippen LogP contribution in [0.15, 0.2) is 12.1 Å². The summed E-state index contributed by atoms with van der Waals surface area (Å²) in [5.74, 6) is -3.30. The highest BCUT2D eigenvalue weighted by molar-refractivity contribution is 6.23. The number of hydrogen-bond acceptors (Lipinski definition) is 7. The number of hydrogen-bond donors (Lipinski definition) is 1. The number of carbonyl (C=O) groups excluding carboxylic acids is 5. The van der Waals surface area contributed by atoms with Crippen molar-refractivity contribution in [3.8, 4) is 0 Å². The Hall–Kier alpha value is -3.50. The molecule has 0 saturated carbocycles. The van der Waals surface area contributed by atoms with E-state index in [1.165, 1.54) is 6.07 Å². The molecule has 3 aliphatic heterocycles. The van der Waals surface area contributed by atoms with Crippen LogP contribution in [-0.4, -0.2) is 78.3 Å². The van der Waals surface area contributed by atoms with E-state index in [0.717, 1.165) is 23.8 Å². The van der Waals surface area contributed by atoms with Gasteiger partial charge in [0.1, 0.15) is 11.9 Å². The number of carbonyl (C=O) groups is 5. The zero-order chi connectivity index (χ0) is 23.7. The fourth-order valence-electron chi connectivity index (χ4n) is 4.25. The monoisotopic (exact) mass is 460 g/mol.